The fourth-order valence-corrected chi connectivity index (χ4v) is 4.87. The number of aliphatic imine (C=N–C) groups is 1. The van der Waals surface area contributed by atoms with Gasteiger partial charge >= 0.3 is 5.97 Å². The first-order valence-corrected chi connectivity index (χ1v) is 13.0. The van der Waals surface area contributed by atoms with Crippen molar-refractivity contribution < 1.29 is 19.4 Å². The van der Waals surface area contributed by atoms with Crippen LogP contribution in [0.25, 0.3) is 0 Å². The monoisotopic (exact) mass is 497 g/mol. The topological polar surface area (TPSA) is 92.1 Å². The Morgan fingerprint density at radius 3 is 2.54 bits per heavy atom. The molecule has 2 heterocycles. The van der Waals surface area contributed by atoms with E-state index >= 15 is 0 Å². The van der Waals surface area contributed by atoms with Gasteiger partial charge in [-0.05, 0) is 86.0 Å². The van der Waals surface area contributed by atoms with Crippen LogP contribution in [0.1, 0.15) is 64.1 Å². The fourth-order valence-electron chi connectivity index (χ4n) is 4.16. The van der Waals surface area contributed by atoms with E-state index in [0.29, 0.717) is 36.5 Å². The minimum Gasteiger partial charge on any atom is -0.495 e. The number of hydrogen-bond donors (Lipinski definition) is 1. The van der Waals surface area contributed by atoms with Crippen LogP contribution in [-0.2, 0) is 21.4 Å². The minimum atomic E-state index is -1.05. The van der Waals surface area contributed by atoms with Crippen LogP contribution in [-0.4, -0.2) is 52.8 Å². The van der Waals surface area contributed by atoms with Gasteiger partial charge in [-0.15, -0.1) is 0 Å². The Balaban J connectivity index is 1.87. The number of rotatable bonds is 13. The molecule has 0 aliphatic heterocycles. The second-order valence-electron chi connectivity index (χ2n) is 9.21. The molecule has 3 rings (SSSR count). The van der Waals surface area contributed by atoms with Crippen molar-refractivity contribution >= 4 is 28.9 Å². The first-order valence-electron chi connectivity index (χ1n) is 12.1. The number of carbonyl (C=O) groups is 2. The maximum Gasteiger partial charge on any atom is 0.354 e. The SMILES string of the molecule is CCCC(CN(CCCc1ccsc1)C(=O)C1(c2ccc(OC)cn2)CC1)=NC(C(=O)O)=C(C)C. The van der Waals surface area contributed by atoms with Crippen LogP contribution in [0.15, 0.2) is 51.4 Å². The lowest BCUT2D eigenvalue weighted by Gasteiger charge is -2.28. The molecule has 0 atom stereocenters. The molecule has 1 saturated carbocycles. The van der Waals surface area contributed by atoms with Crippen molar-refractivity contribution in [1.29, 1.82) is 0 Å². The van der Waals surface area contributed by atoms with Crippen molar-refractivity contribution in [1.82, 2.24) is 9.88 Å². The van der Waals surface area contributed by atoms with Gasteiger partial charge < -0.3 is 14.7 Å². The Morgan fingerprint density at radius 2 is 2.03 bits per heavy atom. The molecule has 1 aliphatic rings. The number of carboxylic acid groups (broad SMARTS) is 1. The summed E-state index contributed by atoms with van der Waals surface area (Å²) in [6.45, 7) is 6.42. The zero-order valence-corrected chi connectivity index (χ0v) is 21.9. The highest BCUT2D eigenvalue weighted by Crippen LogP contribution is 2.49. The normalized spacial score (nSPS) is 14.3. The van der Waals surface area contributed by atoms with Gasteiger partial charge in [-0.25, -0.2) is 9.79 Å². The van der Waals surface area contributed by atoms with Gasteiger partial charge in [0.2, 0.25) is 5.91 Å². The maximum absolute atomic E-state index is 13.9. The predicted molar refractivity (Wildman–Crippen MR) is 139 cm³/mol. The highest BCUT2D eigenvalue weighted by molar-refractivity contribution is 7.07. The Hall–Kier alpha value is -3.00. The zero-order valence-electron chi connectivity index (χ0n) is 21.0. The van der Waals surface area contributed by atoms with E-state index in [1.807, 2.05) is 24.0 Å². The molecule has 0 saturated heterocycles. The lowest BCUT2D eigenvalue weighted by atomic mass is 9.98. The predicted octanol–water partition coefficient (Wildman–Crippen LogP) is 5.26. The molecule has 1 N–H and O–H groups in total. The Morgan fingerprint density at radius 1 is 1.26 bits per heavy atom. The molecule has 0 spiro atoms. The van der Waals surface area contributed by atoms with Crippen LogP contribution in [0.4, 0.5) is 0 Å². The van der Waals surface area contributed by atoms with Gasteiger partial charge in [0, 0.05) is 12.3 Å². The zero-order chi connectivity index (χ0) is 25.4. The Kier molecular flexibility index (Phi) is 9.20. The summed E-state index contributed by atoms with van der Waals surface area (Å²) in [7, 11) is 1.59. The molecule has 0 bridgehead atoms. The highest BCUT2D eigenvalue weighted by Gasteiger charge is 2.54. The molecule has 0 radical (unpaired) electrons. The molecule has 35 heavy (non-hydrogen) atoms. The number of amides is 1. The van der Waals surface area contributed by atoms with E-state index < -0.39 is 11.4 Å². The van der Waals surface area contributed by atoms with E-state index in [2.05, 4.69) is 26.8 Å². The number of ether oxygens (including phenoxy) is 1. The van der Waals surface area contributed by atoms with E-state index in [9.17, 15) is 14.7 Å². The summed E-state index contributed by atoms with van der Waals surface area (Å²) in [5, 5.41) is 13.8. The molecule has 2 aromatic heterocycles. The summed E-state index contributed by atoms with van der Waals surface area (Å²) in [5.74, 6) is -0.349. The molecule has 0 aromatic carbocycles. The van der Waals surface area contributed by atoms with Crippen LogP contribution >= 0.6 is 11.3 Å². The largest absolute Gasteiger partial charge is 0.495 e. The van der Waals surface area contributed by atoms with Gasteiger partial charge in [0.1, 0.15) is 11.4 Å². The molecule has 0 unspecified atom stereocenters. The molecule has 2 aromatic rings. The van der Waals surface area contributed by atoms with Crippen molar-refractivity contribution in [2.45, 2.75) is 64.7 Å². The summed E-state index contributed by atoms with van der Waals surface area (Å²) >= 11 is 1.67. The number of allylic oxidation sites excluding steroid dienone is 1. The molecular formula is C27H35N3O4S. The van der Waals surface area contributed by atoms with Crippen LogP contribution in [0.2, 0.25) is 0 Å². The standard InChI is InChI=1S/C27H35N3O4S/c1-5-7-21(29-24(19(2)3)25(31)32)17-30(14-6-8-20-11-15-35-18-20)26(33)27(12-13-27)23-10-9-22(34-4)16-28-23/h9-11,15-16,18H,5-8,12-14,17H2,1-4H3,(H,31,32). The van der Waals surface area contributed by atoms with E-state index in [1.165, 1.54) is 5.56 Å². The van der Waals surface area contributed by atoms with Gasteiger partial charge in [0.15, 0.2) is 0 Å². The van der Waals surface area contributed by atoms with Crippen LogP contribution in [0.5, 0.6) is 5.75 Å². The van der Waals surface area contributed by atoms with E-state index in [0.717, 1.165) is 37.8 Å². The summed E-state index contributed by atoms with van der Waals surface area (Å²) in [5.41, 5.74) is 2.81. The van der Waals surface area contributed by atoms with Crippen molar-refractivity contribution in [3.05, 3.63) is 57.7 Å². The van der Waals surface area contributed by atoms with Gasteiger partial charge in [-0.2, -0.15) is 11.3 Å². The first-order chi connectivity index (χ1) is 16.8. The van der Waals surface area contributed by atoms with Crippen molar-refractivity contribution in [2.24, 2.45) is 4.99 Å². The number of carboxylic acids is 1. The number of aryl methyl sites for hydroxylation is 1. The minimum absolute atomic E-state index is 0.0402. The number of aromatic nitrogens is 1. The second kappa shape index (κ2) is 12.1. The van der Waals surface area contributed by atoms with E-state index in [4.69, 9.17) is 4.74 Å². The quantitative estimate of drug-likeness (QED) is 0.301. The molecule has 1 aliphatic carbocycles. The van der Waals surface area contributed by atoms with Crippen molar-refractivity contribution in [2.75, 3.05) is 20.2 Å². The molecular weight excluding hydrogens is 462 g/mol. The third kappa shape index (κ3) is 6.78. The van der Waals surface area contributed by atoms with Gasteiger partial charge in [0.05, 0.1) is 31.0 Å². The first kappa shape index (κ1) is 26.6. The third-order valence-corrected chi connectivity index (χ3v) is 6.97. The second-order valence-corrected chi connectivity index (χ2v) is 9.99. The molecule has 188 valence electrons. The van der Waals surface area contributed by atoms with E-state index in [1.54, 1.807) is 38.5 Å². The highest BCUT2D eigenvalue weighted by atomic mass is 32.1. The maximum atomic E-state index is 13.9. The number of pyridine rings is 1. The lowest BCUT2D eigenvalue weighted by molar-refractivity contribution is -0.133. The molecule has 1 amide bonds. The van der Waals surface area contributed by atoms with Gasteiger partial charge in [0.25, 0.3) is 0 Å². The third-order valence-electron chi connectivity index (χ3n) is 6.24. The lowest BCUT2D eigenvalue weighted by Crippen LogP contribution is -2.43. The van der Waals surface area contributed by atoms with Crippen molar-refractivity contribution in [3.63, 3.8) is 0 Å². The van der Waals surface area contributed by atoms with Crippen LogP contribution in [0.3, 0.4) is 0 Å². The fraction of sp³-hybridized carbons (Fsp3) is 0.481. The summed E-state index contributed by atoms with van der Waals surface area (Å²) < 4.78 is 5.23. The van der Waals surface area contributed by atoms with Crippen LogP contribution in [0, 0.1) is 0 Å². The summed E-state index contributed by atoms with van der Waals surface area (Å²) in [6, 6.07) is 5.83. The summed E-state index contributed by atoms with van der Waals surface area (Å²) in [6.07, 6.45) is 6.31. The van der Waals surface area contributed by atoms with Crippen LogP contribution < -0.4 is 4.74 Å². The number of aliphatic carboxylic acids is 1. The van der Waals surface area contributed by atoms with E-state index in [-0.39, 0.29) is 11.6 Å². The Labute approximate surface area is 211 Å². The Bertz CT molecular complexity index is 1070. The summed E-state index contributed by atoms with van der Waals surface area (Å²) in [4.78, 5) is 36.6. The van der Waals surface area contributed by atoms with Crippen molar-refractivity contribution in [3.8, 4) is 5.75 Å². The number of carbonyl (C=O) groups excluding carboxylic acids is 1. The average Bonchev–Trinajstić information content (AvgIpc) is 3.49. The molecule has 1 fully saturated rings. The average molecular weight is 498 g/mol. The smallest absolute Gasteiger partial charge is 0.354 e. The van der Waals surface area contributed by atoms with Gasteiger partial charge in [-0.3, -0.25) is 9.78 Å². The number of hydrogen-bond acceptors (Lipinski definition) is 6. The number of nitrogens with zero attached hydrogens (tertiary/aromatic N) is 3. The number of methoxy groups -OCH3 is 1. The van der Waals surface area contributed by atoms with Gasteiger partial charge in [-0.1, -0.05) is 13.3 Å². The molecule has 8 heteroatoms. The number of thiophene rings is 1. The molecule has 7 nitrogen and oxygen atoms in total.